The van der Waals surface area contributed by atoms with Gasteiger partial charge >= 0.3 is 27.0 Å². The van der Waals surface area contributed by atoms with Crippen LogP contribution in [0.25, 0.3) is 10.5 Å². The van der Waals surface area contributed by atoms with Crippen molar-refractivity contribution >= 4 is 19.7 Å². The average Bonchev–Trinajstić information content (AvgIpc) is 2.94. The van der Waals surface area contributed by atoms with Gasteiger partial charge in [-0.3, -0.25) is 0 Å². The molecule has 201 valence electrons. The van der Waals surface area contributed by atoms with Crippen LogP contribution in [0.4, 0.5) is 0 Å². The third-order valence-electron chi connectivity index (χ3n) is 5.93. The van der Waals surface area contributed by atoms with E-state index in [1.807, 2.05) is 84.9 Å². The maximum absolute atomic E-state index is 12.8. The molecule has 4 aromatic carbocycles. The number of rotatable bonds is 7. The fourth-order valence-corrected chi connectivity index (χ4v) is 4.82. The molecule has 4 aromatic rings. The molecule has 0 saturated heterocycles. The number of halogens is 1. The molecule has 0 spiro atoms. The zero-order valence-electron chi connectivity index (χ0n) is 22.0. The van der Waals surface area contributed by atoms with Crippen molar-refractivity contribution in [3.8, 4) is 0 Å². The standard InChI is InChI=1S/C21H20N2O2S.C10H14.ClH.Ru/c1-16-12-14-19(15-13-16)26(24,25)23-21(18-10-6-3-7-11-18)20(22)17-8-4-2-5-9-17;1-8(2)10-6-4-9(3)5-7-10;;/h2-15,20-22H,1H3;4-8H,1-3H3;1H;/q-2;;;+3/p-1/t20-,21-;;;/m1.../s1. The van der Waals surface area contributed by atoms with E-state index in [-0.39, 0.29) is 4.90 Å². The third-order valence-corrected chi connectivity index (χ3v) is 7.30. The summed E-state index contributed by atoms with van der Waals surface area (Å²) in [7, 11) is 0.696. The summed E-state index contributed by atoms with van der Waals surface area (Å²) in [4.78, 5) is 0.143. The van der Waals surface area contributed by atoms with Gasteiger partial charge in [0.25, 0.3) is 0 Å². The Morgan fingerprint density at radius 1 is 0.658 bits per heavy atom. The first-order valence-electron chi connectivity index (χ1n) is 12.2. The number of nitrogens with one attached hydrogen (secondary N) is 1. The molecule has 38 heavy (non-hydrogen) atoms. The molecule has 0 fully saturated rings. The molecule has 4 rings (SSSR count). The summed E-state index contributed by atoms with van der Waals surface area (Å²) >= 11 is 1.82. The van der Waals surface area contributed by atoms with Crippen LogP contribution < -0.4 is 0 Å². The molecule has 0 amide bonds. The molecule has 7 heteroatoms. The van der Waals surface area contributed by atoms with Crippen molar-refractivity contribution in [2.24, 2.45) is 0 Å². The van der Waals surface area contributed by atoms with Crippen LogP contribution in [0.2, 0.25) is 0 Å². The average molecular weight is 635 g/mol. The molecule has 0 aliphatic heterocycles. The van der Waals surface area contributed by atoms with Crippen molar-refractivity contribution in [3.05, 3.63) is 147 Å². The van der Waals surface area contributed by atoms with Crippen molar-refractivity contribution in [2.75, 3.05) is 0 Å². The van der Waals surface area contributed by atoms with Crippen molar-refractivity contribution in [1.82, 2.24) is 0 Å². The van der Waals surface area contributed by atoms with Gasteiger partial charge in [0.1, 0.15) is 10.0 Å². The normalized spacial score (nSPS) is 12.4. The van der Waals surface area contributed by atoms with Gasteiger partial charge in [-0.2, -0.15) is 0 Å². The molecule has 4 nitrogen and oxygen atoms in total. The van der Waals surface area contributed by atoms with Gasteiger partial charge in [0, 0.05) is 4.90 Å². The molecule has 0 radical (unpaired) electrons. The van der Waals surface area contributed by atoms with E-state index < -0.39 is 22.1 Å². The van der Waals surface area contributed by atoms with E-state index in [9.17, 15) is 8.42 Å². The van der Waals surface area contributed by atoms with Crippen molar-refractivity contribution in [2.45, 2.75) is 50.6 Å². The number of hydrogen-bond donors (Lipinski definition) is 0. The molecule has 2 atom stereocenters. The first-order chi connectivity index (χ1) is 18.2. The van der Waals surface area contributed by atoms with Crippen molar-refractivity contribution in [3.63, 3.8) is 0 Å². The van der Waals surface area contributed by atoms with Crippen molar-refractivity contribution in [1.29, 1.82) is 0 Å². The van der Waals surface area contributed by atoms with E-state index in [0.717, 1.165) is 11.1 Å². The summed E-state index contributed by atoms with van der Waals surface area (Å²) in [5, 5.41) is 0. The van der Waals surface area contributed by atoms with Crippen LogP contribution in [0, 0.1) is 13.8 Å². The summed E-state index contributed by atoms with van der Waals surface area (Å²) in [6.45, 7) is 8.44. The Morgan fingerprint density at radius 3 is 1.53 bits per heavy atom. The van der Waals surface area contributed by atoms with Crippen LogP contribution >= 0.6 is 9.69 Å². The second-order valence-electron chi connectivity index (χ2n) is 9.20. The third kappa shape index (κ3) is 9.76. The van der Waals surface area contributed by atoms with Crippen LogP contribution in [0.1, 0.15) is 59.7 Å². The number of sulfonamides is 1. The number of nitrogens with zero attached hydrogens (tertiary/aromatic N) is 1. The van der Waals surface area contributed by atoms with Gasteiger partial charge in [0.2, 0.25) is 0 Å². The minimum absolute atomic E-state index is 0.143. The van der Waals surface area contributed by atoms with Gasteiger partial charge in [-0.15, -0.1) is 12.1 Å². The second kappa shape index (κ2) is 15.9. The summed E-state index contributed by atoms with van der Waals surface area (Å²) in [5.74, 6) is 0.653. The summed E-state index contributed by atoms with van der Waals surface area (Å²) in [6, 6.07) is 32.0. The minimum atomic E-state index is -3.87. The summed E-state index contributed by atoms with van der Waals surface area (Å²) in [5.41, 5.74) is 13.8. The Balaban J connectivity index is 0.000000353. The first kappa shape index (κ1) is 31.9. The Hall–Kier alpha value is -2.34. The molecule has 1 N–H and O–H groups in total. The van der Waals surface area contributed by atoms with E-state index in [0.29, 0.717) is 11.5 Å². The molecular weight excluding hydrogens is 601 g/mol. The molecule has 0 aliphatic carbocycles. The van der Waals surface area contributed by atoms with E-state index in [1.165, 1.54) is 11.1 Å². The zero-order valence-corrected chi connectivity index (χ0v) is 25.3. The monoisotopic (exact) mass is 635 g/mol. The molecule has 0 saturated carbocycles. The SMILES string of the molecule is Cc1ccc(C(C)C)cc1.Cc1ccc(S(=O)(=O)[N-][C@H](c2ccccc2)[C@H]([NH-])c2ccccc2)cc1.[Cl][Ru+2]. The first-order valence-corrected chi connectivity index (χ1v) is 15.9. The van der Waals surface area contributed by atoms with Gasteiger partial charge < -0.3 is 10.5 Å². The van der Waals surface area contributed by atoms with E-state index in [1.54, 1.807) is 24.3 Å². The Morgan fingerprint density at radius 2 is 1.08 bits per heavy atom. The Labute approximate surface area is 242 Å². The number of hydrogen-bond acceptors (Lipinski definition) is 2. The molecule has 0 aromatic heterocycles. The zero-order chi connectivity index (χ0) is 28.1. The van der Waals surface area contributed by atoms with E-state index in [4.69, 9.17) is 5.73 Å². The van der Waals surface area contributed by atoms with E-state index >= 15 is 0 Å². The number of benzene rings is 4. The fourth-order valence-electron chi connectivity index (χ4n) is 3.68. The summed E-state index contributed by atoms with van der Waals surface area (Å²) < 4.78 is 29.8. The van der Waals surface area contributed by atoms with Gasteiger partial charge in [-0.1, -0.05) is 133 Å². The van der Waals surface area contributed by atoms with Gasteiger partial charge in [0.05, 0.1) is 0 Å². The fraction of sp³-hybridized carbons (Fsp3) is 0.226. The molecule has 0 heterocycles. The quantitative estimate of drug-likeness (QED) is 0.190. The van der Waals surface area contributed by atoms with Crippen LogP contribution in [0.15, 0.2) is 114 Å². The number of aryl methyl sites for hydroxylation is 2. The van der Waals surface area contributed by atoms with E-state index in [2.05, 4.69) is 59.4 Å². The van der Waals surface area contributed by atoms with Gasteiger partial charge in [-0.05, 0) is 37.5 Å². The van der Waals surface area contributed by atoms with Gasteiger partial charge in [0.15, 0.2) is 0 Å². The molecule has 0 unspecified atom stereocenters. The molecule has 0 aliphatic rings. The Bertz CT molecular complexity index is 1320. The predicted molar refractivity (Wildman–Crippen MR) is 156 cm³/mol. The van der Waals surface area contributed by atoms with Crippen LogP contribution in [0.3, 0.4) is 0 Å². The van der Waals surface area contributed by atoms with Crippen LogP contribution in [-0.2, 0) is 27.3 Å². The molecular formula is C31H34ClN2O2RuS. The maximum atomic E-state index is 12.8. The second-order valence-corrected chi connectivity index (χ2v) is 10.8. The topological polar surface area (TPSA) is 72.0 Å². The van der Waals surface area contributed by atoms with Gasteiger partial charge in [-0.25, -0.2) is 8.42 Å². The Kier molecular flexibility index (Phi) is 13.4. The predicted octanol–water partition coefficient (Wildman–Crippen LogP) is 9.40. The van der Waals surface area contributed by atoms with Crippen molar-refractivity contribution < 1.29 is 25.7 Å². The van der Waals surface area contributed by atoms with Crippen LogP contribution in [-0.4, -0.2) is 8.42 Å². The molecule has 0 bridgehead atoms. The van der Waals surface area contributed by atoms with Crippen LogP contribution in [0.5, 0.6) is 0 Å². The summed E-state index contributed by atoms with van der Waals surface area (Å²) in [6.07, 6.45) is 0.